The number of carbonyl (C=O) groups is 1. The lowest BCUT2D eigenvalue weighted by Gasteiger charge is -1.98. The van der Waals surface area contributed by atoms with Crippen LogP contribution in [0.1, 0.15) is 5.56 Å². The first-order valence-corrected chi connectivity index (χ1v) is 3.99. The first kappa shape index (κ1) is 7.44. The van der Waals surface area contributed by atoms with Crippen molar-refractivity contribution < 1.29 is 4.79 Å². The summed E-state index contributed by atoms with van der Waals surface area (Å²) in [5, 5.41) is 3.98. The predicted octanol–water partition coefficient (Wildman–Crippen LogP) is 0.817. The third-order valence-electron chi connectivity index (χ3n) is 1.23. The lowest BCUT2D eigenvalue weighted by Crippen LogP contribution is -2.23. The number of thiophene rings is 1. The fourth-order valence-electron chi connectivity index (χ4n) is 0.729. The highest BCUT2D eigenvalue weighted by Gasteiger charge is 2.00. The summed E-state index contributed by atoms with van der Waals surface area (Å²) in [6.45, 7) is 0. The normalized spacial score (nSPS) is 12.9. The van der Waals surface area contributed by atoms with Crippen LogP contribution in [0.15, 0.2) is 16.8 Å². The molecule has 2 N–H and O–H groups in total. The number of rotatable bonds is 3. The largest absolute Gasteiger partial charge is 0.321 e. The van der Waals surface area contributed by atoms with Crippen molar-refractivity contribution in [3.63, 3.8) is 0 Å². The van der Waals surface area contributed by atoms with E-state index in [0.29, 0.717) is 6.42 Å². The van der Waals surface area contributed by atoms with Crippen molar-refractivity contribution in [2.75, 3.05) is 0 Å². The van der Waals surface area contributed by atoms with Crippen molar-refractivity contribution in [3.05, 3.63) is 22.4 Å². The molecule has 0 amide bonds. The first-order chi connectivity index (χ1) is 4.83. The summed E-state index contributed by atoms with van der Waals surface area (Å²) < 4.78 is 0. The average molecular weight is 155 g/mol. The zero-order valence-corrected chi connectivity index (χ0v) is 6.30. The van der Waals surface area contributed by atoms with Crippen molar-refractivity contribution in [1.29, 1.82) is 0 Å². The van der Waals surface area contributed by atoms with Gasteiger partial charge in [0.25, 0.3) is 0 Å². The molecule has 1 atom stereocenters. The number of hydrogen-bond donors (Lipinski definition) is 1. The molecule has 1 rings (SSSR count). The monoisotopic (exact) mass is 155 g/mol. The maximum atomic E-state index is 10.1. The standard InChI is InChI=1S/C7H9NOS/c8-7(4-9)3-6-1-2-10-5-6/h1-2,4-5,7H,3,8H2. The minimum Gasteiger partial charge on any atom is -0.321 e. The van der Waals surface area contributed by atoms with Crippen molar-refractivity contribution in [3.8, 4) is 0 Å². The summed E-state index contributed by atoms with van der Waals surface area (Å²) in [5.41, 5.74) is 6.54. The first-order valence-electron chi connectivity index (χ1n) is 3.05. The Kier molecular flexibility index (Phi) is 2.59. The van der Waals surface area contributed by atoms with Gasteiger partial charge in [0.15, 0.2) is 0 Å². The van der Waals surface area contributed by atoms with Gasteiger partial charge in [0.05, 0.1) is 6.04 Å². The molecule has 0 aliphatic carbocycles. The lowest BCUT2D eigenvalue weighted by atomic mass is 10.1. The molecule has 1 aromatic heterocycles. The number of nitrogens with two attached hydrogens (primary N) is 1. The fourth-order valence-corrected chi connectivity index (χ4v) is 1.41. The molecular formula is C7H9NOS. The number of carbonyl (C=O) groups excluding carboxylic acids is 1. The van der Waals surface area contributed by atoms with E-state index in [0.717, 1.165) is 11.8 Å². The fraction of sp³-hybridized carbons (Fsp3) is 0.286. The highest BCUT2D eigenvalue weighted by molar-refractivity contribution is 7.07. The molecule has 0 saturated carbocycles. The SMILES string of the molecule is NC(C=O)Cc1ccsc1. The van der Waals surface area contributed by atoms with Crippen LogP contribution < -0.4 is 5.73 Å². The summed E-state index contributed by atoms with van der Waals surface area (Å²) in [7, 11) is 0. The third kappa shape index (κ3) is 1.93. The van der Waals surface area contributed by atoms with Gasteiger partial charge in [-0.05, 0) is 28.8 Å². The Balaban J connectivity index is 2.47. The van der Waals surface area contributed by atoms with Gasteiger partial charge >= 0.3 is 0 Å². The minimum absolute atomic E-state index is 0.338. The van der Waals surface area contributed by atoms with E-state index >= 15 is 0 Å². The Morgan fingerprint density at radius 1 is 1.80 bits per heavy atom. The molecular weight excluding hydrogens is 146 g/mol. The van der Waals surface area contributed by atoms with E-state index in [1.807, 2.05) is 16.8 Å². The van der Waals surface area contributed by atoms with Gasteiger partial charge in [-0.2, -0.15) is 11.3 Å². The van der Waals surface area contributed by atoms with Gasteiger partial charge in [-0.15, -0.1) is 0 Å². The van der Waals surface area contributed by atoms with E-state index in [-0.39, 0.29) is 6.04 Å². The van der Waals surface area contributed by atoms with Crippen LogP contribution in [0.2, 0.25) is 0 Å². The van der Waals surface area contributed by atoms with Crippen LogP contribution >= 0.6 is 11.3 Å². The molecule has 1 unspecified atom stereocenters. The Bertz CT molecular complexity index is 195. The molecule has 2 nitrogen and oxygen atoms in total. The average Bonchev–Trinajstić information content (AvgIpc) is 2.40. The summed E-state index contributed by atoms with van der Waals surface area (Å²) in [6.07, 6.45) is 1.44. The third-order valence-corrected chi connectivity index (χ3v) is 1.96. The topological polar surface area (TPSA) is 43.1 Å². The molecule has 54 valence electrons. The van der Waals surface area contributed by atoms with E-state index in [9.17, 15) is 4.79 Å². The van der Waals surface area contributed by atoms with Gasteiger partial charge < -0.3 is 10.5 Å². The maximum absolute atomic E-state index is 10.1. The molecule has 0 bridgehead atoms. The van der Waals surface area contributed by atoms with Gasteiger partial charge in [0.1, 0.15) is 6.29 Å². The summed E-state index contributed by atoms with van der Waals surface area (Å²) in [5.74, 6) is 0. The van der Waals surface area contributed by atoms with E-state index in [2.05, 4.69) is 0 Å². The van der Waals surface area contributed by atoms with Gasteiger partial charge in [-0.1, -0.05) is 0 Å². The highest BCUT2D eigenvalue weighted by Crippen LogP contribution is 2.06. The Hall–Kier alpha value is -0.670. The molecule has 0 saturated heterocycles. The van der Waals surface area contributed by atoms with E-state index in [1.54, 1.807) is 11.3 Å². The molecule has 0 fully saturated rings. The van der Waals surface area contributed by atoms with Crippen molar-refractivity contribution in [2.24, 2.45) is 5.73 Å². The van der Waals surface area contributed by atoms with Gasteiger partial charge in [0, 0.05) is 0 Å². The molecule has 0 spiro atoms. The van der Waals surface area contributed by atoms with Crippen LogP contribution in [0.5, 0.6) is 0 Å². The van der Waals surface area contributed by atoms with Crippen LogP contribution in [0.4, 0.5) is 0 Å². The second-order valence-electron chi connectivity index (χ2n) is 2.14. The van der Waals surface area contributed by atoms with Gasteiger partial charge in [0.2, 0.25) is 0 Å². The Morgan fingerprint density at radius 2 is 2.60 bits per heavy atom. The number of hydrogen-bond acceptors (Lipinski definition) is 3. The van der Waals surface area contributed by atoms with Gasteiger partial charge in [-0.25, -0.2) is 0 Å². The van der Waals surface area contributed by atoms with Crippen molar-refractivity contribution in [1.82, 2.24) is 0 Å². The van der Waals surface area contributed by atoms with Crippen LogP contribution in [-0.4, -0.2) is 12.3 Å². The summed E-state index contributed by atoms with van der Waals surface area (Å²) >= 11 is 1.62. The van der Waals surface area contributed by atoms with E-state index < -0.39 is 0 Å². The minimum atomic E-state index is -0.338. The Morgan fingerprint density at radius 3 is 3.10 bits per heavy atom. The molecule has 0 radical (unpaired) electrons. The van der Waals surface area contributed by atoms with Crippen LogP contribution in [0.25, 0.3) is 0 Å². The maximum Gasteiger partial charge on any atom is 0.137 e. The molecule has 0 aliphatic rings. The van der Waals surface area contributed by atoms with E-state index in [1.165, 1.54) is 0 Å². The van der Waals surface area contributed by atoms with Crippen LogP contribution in [-0.2, 0) is 11.2 Å². The smallest absolute Gasteiger partial charge is 0.137 e. The zero-order chi connectivity index (χ0) is 7.40. The predicted molar refractivity (Wildman–Crippen MR) is 42.1 cm³/mol. The molecule has 0 aliphatic heterocycles. The lowest BCUT2D eigenvalue weighted by molar-refractivity contribution is -0.108. The molecule has 10 heavy (non-hydrogen) atoms. The quantitative estimate of drug-likeness (QED) is 0.656. The second-order valence-corrected chi connectivity index (χ2v) is 2.92. The van der Waals surface area contributed by atoms with Crippen LogP contribution in [0, 0.1) is 0 Å². The highest BCUT2D eigenvalue weighted by atomic mass is 32.1. The van der Waals surface area contributed by atoms with Crippen molar-refractivity contribution in [2.45, 2.75) is 12.5 Å². The molecule has 0 aromatic carbocycles. The summed E-state index contributed by atoms with van der Waals surface area (Å²) in [6, 6.07) is 1.64. The zero-order valence-electron chi connectivity index (χ0n) is 5.49. The number of aldehydes is 1. The second kappa shape index (κ2) is 3.49. The summed E-state index contributed by atoms with van der Waals surface area (Å²) in [4.78, 5) is 10.1. The van der Waals surface area contributed by atoms with Crippen LogP contribution in [0.3, 0.4) is 0 Å². The van der Waals surface area contributed by atoms with E-state index in [4.69, 9.17) is 5.73 Å². The Labute approximate surface area is 63.7 Å². The molecule has 1 aromatic rings. The van der Waals surface area contributed by atoms with Crippen molar-refractivity contribution >= 4 is 17.6 Å². The molecule has 3 heteroatoms. The van der Waals surface area contributed by atoms with Gasteiger partial charge in [-0.3, -0.25) is 0 Å². The molecule has 1 heterocycles.